The van der Waals surface area contributed by atoms with Gasteiger partial charge in [0.25, 0.3) is 0 Å². The highest BCUT2D eigenvalue weighted by Crippen LogP contribution is 2.25. The van der Waals surface area contributed by atoms with Crippen molar-refractivity contribution in [2.24, 2.45) is 0 Å². The molecule has 1 atom stereocenters. The van der Waals surface area contributed by atoms with Crippen LogP contribution in [0, 0.1) is 5.82 Å². The Morgan fingerprint density at radius 2 is 1.91 bits per heavy atom. The number of carbonyl (C=O) groups excluding carboxylic acids is 1. The van der Waals surface area contributed by atoms with E-state index in [1.54, 1.807) is 0 Å². The maximum absolute atomic E-state index is 13.7. The second-order valence-corrected chi connectivity index (χ2v) is 8.22. The van der Waals surface area contributed by atoms with Gasteiger partial charge in [-0.3, -0.25) is 9.69 Å². The smallest absolute Gasteiger partial charge is 0.229 e. The van der Waals surface area contributed by atoms with Crippen LogP contribution in [0.2, 0.25) is 0 Å². The Bertz CT molecular complexity index is 1150. The largest absolute Gasteiger partial charge is 0.496 e. The highest BCUT2D eigenvalue weighted by atomic mass is 19.1. The zero-order valence-corrected chi connectivity index (χ0v) is 19.3. The molecule has 2 aromatic carbocycles. The van der Waals surface area contributed by atoms with Crippen LogP contribution in [0.4, 0.5) is 21.8 Å². The van der Waals surface area contributed by atoms with E-state index in [-0.39, 0.29) is 28.6 Å². The van der Waals surface area contributed by atoms with Crippen LogP contribution in [0.25, 0.3) is 0 Å². The third kappa shape index (κ3) is 5.43. The molecule has 1 saturated heterocycles. The number of carbonyl (C=O) groups is 1. The van der Waals surface area contributed by atoms with Gasteiger partial charge in [-0.25, -0.2) is 9.37 Å². The number of ketones is 1. The molecule has 0 saturated carbocycles. The first-order valence-corrected chi connectivity index (χ1v) is 11.2. The number of benzene rings is 2. The second kappa shape index (κ2) is 10.5. The molecule has 0 spiro atoms. The van der Waals surface area contributed by atoms with Crippen LogP contribution in [0.15, 0.2) is 48.7 Å². The van der Waals surface area contributed by atoms with Crippen molar-refractivity contribution in [3.05, 3.63) is 65.6 Å². The maximum atomic E-state index is 13.7. The molecule has 1 aliphatic heterocycles. The summed E-state index contributed by atoms with van der Waals surface area (Å²) in [5, 5.41) is 3.06. The number of halogens is 1. The summed E-state index contributed by atoms with van der Waals surface area (Å²) in [5.74, 6) is 0.151. The number of hydrogen-bond acceptors (Lipinski definition) is 8. The van der Waals surface area contributed by atoms with Crippen molar-refractivity contribution in [2.45, 2.75) is 25.8 Å². The molecule has 0 bridgehead atoms. The molecule has 4 rings (SSSR count). The number of likely N-dealkylation sites (tertiary alicyclic amines) is 1. The van der Waals surface area contributed by atoms with Crippen molar-refractivity contribution in [3.8, 4) is 11.5 Å². The number of aromatic nitrogens is 2. The van der Waals surface area contributed by atoms with Crippen LogP contribution in [0.1, 0.15) is 35.7 Å². The van der Waals surface area contributed by atoms with Crippen LogP contribution in [0.5, 0.6) is 11.5 Å². The Morgan fingerprint density at radius 3 is 2.59 bits per heavy atom. The van der Waals surface area contributed by atoms with Crippen molar-refractivity contribution in [1.82, 2.24) is 14.9 Å². The zero-order chi connectivity index (χ0) is 24.1. The second-order valence-electron chi connectivity index (χ2n) is 8.22. The fourth-order valence-electron chi connectivity index (χ4n) is 3.90. The molecule has 34 heavy (non-hydrogen) atoms. The molecule has 2 heterocycles. The summed E-state index contributed by atoms with van der Waals surface area (Å²) in [4.78, 5) is 23.7. The highest BCUT2D eigenvalue weighted by molar-refractivity contribution is 6.13. The van der Waals surface area contributed by atoms with E-state index in [1.165, 1.54) is 38.3 Å². The van der Waals surface area contributed by atoms with Gasteiger partial charge in [0.05, 0.1) is 18.2 Å². The van der Waals surface area contributed by atoms with E-state index in [9.17, 15) is 9.18 Å². The van der Waals surface area contributed by atoms with E-state index < -0.39 is 11.6 Å². The SMILES string of the molecule is COc1ccc(F)cc1C(=O)c1cnc(Nc2ccc(OCC(C)N3CCCC3)cc2)nc1N. The van der Waals surface area contributed by atoms with Gasteiger partial charge < -0.3 is 20.5 Å². The Balaban J connectivity index is 1.39. The normalized spacial score (nSPS) is 14.6. The first-order chi connectivity index (χ1) is 16.4. The Kier molecular flexibility index (Phi) is 7.22. The summed E-state index contributed by atoms with van der Waals surface area (Å²) in [7, 11) is 1.40. The molecule has 178 valence electrons. The minimum Gasteiger partial charge on any atom is -0.496 e. The average Bonchev–Trinajstić information content (AvgIpc) is 3.38. The molecular weight excluding hydrogens is 437 g/mol. The lowest BCUT2D eigenvalue weighted by Crippen LogP contribution is -2.34. The van der Waals surface area contributed by atoms with Gasteiger partial charge in [-0.1, -0.05) is 0 Å². The van der Waals surface area contributed by atoms with Gasteiger partial charge >= 0.3 is 0 Å². The molecule has 0 amide bonds. The summed E-state index contributed by atoms with van der Waals surface area (Å²) in [5.41, 5.74) is 6.87. The third-order valence-corrected chi connectivity index (χ3v) is 5.83. The summed E-state index contributed by atoms with van der Waals surface area (Å²) < 4.78 is 24.7. The van der Waals surface area contributed by atoms with Crippen molar-refractivity contribution in [1.29, 1.82) is 0 Å². The molecule has 9 heteroatoms. The first kappa shape index (κ1) is 23.4. The molecular formula is C25H28FN5O3. The fraction of sp³-hybridized carbons (Fsp3) is 0.320. The number of nitrogens with one attached hydrogen (secondary N) is 1. The number of rotatable bonds is 9. The molecule has 3 aromatic rings. The monoisotopic (exact) mass is 465 g/mol. The van der Waals surface area contributed by atoms with Crippen molar-refractivity contribution < 1.29 is 18.7 Å². The lowest BCUT2D eigenvalue weighted by atomic mass is 10.0. The minimum absolute atomic E-state index is 0.0235. The topological polar surface area (TPSA) is 103 Å². The van der Waals surface area contributed by atoms with Crippen LogP contribution in [-0.2, 0) is 0 Å². The molecule has 3 N–H and O–H groups in total. The Labute approximate surface area is 197 Å². The summed E-state index contributed by atoms with van der Waals surface area (Å²) in [6.45, 7) is 5.09. The van der Waals surface area contributed by atoms with E-state index in [1.807, 2.05) is 24.3 Å². The number of methoxy groups -OCH3 is 1. The van der Waals surface area contributed by atoms with E-state index in [4.69, 9.17) is 15.2 Å². The quantitative estimate of drug-likeness (QED) is 0.457. The Morgan fingerprint density at radius 1 is 1.18 bits per heavy atom. The van der Waals surface area contributed by atoms with Gasteiger partial charge in [0.1, 0.15) is 29.7 Å². The van der Waals surface area contributed by atoms with E-state index in [0.29, 0.717) is 12.6 Å². The first-order valence-electron chi connectivity index (χ1n) is 11.2. The number of anilines is 3. The molecule has 1 fully saturated rings. The lowest BCUT2D eigenvalue weighted by molar-refractivity contribution is 0.103. The summed E-state index contributed by atoms with van der Waals surface area (Å²) >= 11 is 0. The lowest BCUT2D eigenvalue weighted by Gasteiger charge is -2.23. The van der Waals surface area contributed by atoms with E-state index in [0.717, 1.165) is 30.6 Å². The van der Waals surface area contributed by atoms with Crippen LogP contribution in [-0.4, -0.2) is 53.5 Å². The maximum Gasteiger partial charge on any atom is 0.229 e. The predicted molar refractivity (Wildman–Crippen MR) is 128 cm³/mol. The Hall–Kier alpha value is -3.72. The van der Waals surface area contributed by atoms with Crippen molar-refractivity contribution >= 4 is 23.2 Å². The van der Waals surface area contributed by atoms with Crippen LogP contribution in [0.3, 0.4) is 0 Å². The number of ether oxygens (including phenoxy) is 2. The van der Waals surface area contributed by atoms with Gasteiger partial charge in [-0.15, -0.1) is 0 Å². The van der Waals surface area contributed by atoms with E-state index >= 15 is 0 Å². The summed E-state index contributed by atoms with van der Waals surface area (Å²) in [6, 6.07) is 11.5. The molecule has 0 aliphatic carbocycles. The highest BCUT2D eigenvalue weighted by Gasteiger charge is 2.20. The van der Waals surface area contributed by atoms with Crippen molar-refractivity contribution in [3.63, 3.8) is 0 Å². The number of hydrogen-bond donors (Lipinski definition) is 2. The molecule has 1 aromatic heterocycles. The van der Waals surface area contributed by atoms with Crippen LogP contribution >= 0.6 is 0 Å². The molecule has 1 aliphatic rings. The number of nitrogens with zero attached hydrogens (tertiary/aromatic N) is 3. The predicted octanol–water partition coefficient (Wildman–Crippen LogP) is 4.04. The van der Waals surface area contributed by atoms with Gasteiger partial charge in [0.2, 0.25) is 11.7 Å². The van der Waals surface area contributed by atoms with Gasteiger partial charge in [0, 0.05) is 17.9 Å². The van der Waals surface area contributed by atoms with Gasteiger partial charge in [-0.2, -0.15) is 4.98 Å². The van der Waals surface area contributed by atoms with E-state index in [2.05, 4.69) is 27.1 Å². The summed E-state index contributed by atoms with van der Waals surface area (Å²) in [6.07, 6.45) is 3.82. The van der Waals surface area contributed by atoms with Crippen molar-refractivity contribution in [2.75, 3.05) is 37.9 Å². The average molecular weight is 466 g/mol. The fourth-order valence-corrected chi connectivity index (χ4v) is 3.90. The van der Waals surface area contributed by atoms with Gasteiger partial charge in [0.15, 0.2) is 0 Å². The minimum atomic E-state index is -0.556. The standard InChI is InChI=1S/C25H28FN5O3/c1-16(31-11-3-4-12-31)15-34-19-8-6-18(7-9-19)29-25-28-14-21(24(27)30-25)23(32)20-13-17(26)5-10-22(20)33-2/h5-10,13-14,16H,3-4,11-12,15H2,1-2H3,(H3,27,28,29,30). The molecule has 1 unspecified atom stereocenters. The number of nitrogens with two attached hydrogens (primary N) is 1. The molecule has 8 nitrogen and oxygen atoms in total. The van der Waals surface area contributed by atoms with Gasteiger partial charge in [-0.05, 0) is 75.3 Å². The van der Waals surface area contributed by atoms with Crippen LogP contribution < -0.4 is 20.5 Å². The third-order valence-electron chi connectivity index (χ3n) is 5.83. The zero-order valence-electron chi connectivity index (χ0n) is 19.3. The molecule has 0 radical (unpaired) electrons. The number of nitrogen functional groups attached to an aromatic ring is 1.